The van der Waals surface area contributed by atoms with Crippen LogP contribution in [0.4, 0.5) is 10.1 Å². The number of nitrogens with one attached hydrogen (secondary N) is 1. The van der Waals surface area contributed by atoms with E-state index in [9.17, 15) is 9.18 Å². The third-order valence-corrected chi connectivity index (χ3v) is 6.01. The highest BCUT2D eigenvalue weighted by molar-refractivity contribution is 5.95. The molecule has 1 N–H and O–H groups in total. The summed E-state index contributed by atoms with van der Waals surface area (Å²) in [6.07, 6.45) is 1.82. The van der Waals surface area contributed by atoms with E-state index in [1.54, 1.807) is 16.8 Å². The molecule has 3 aromatic rings. The van der Waals surface area contributed by atoms with Crippen LogP contribution in [0.1, 0.15) is 43.0 Å². The van der Waals surface area contributed by atoms with Crippen LogP contribution in [0.5, 0.6) is 0 Å². The maximum absolute atomic E-state index is 13.5. The topological polar surface area (TPSA) is 89.1 Å². The number of carbonyl (C=O) groups excluding carboxylic acids is 1. The van der Waals surface area contributed by atoms with Gasteiger partial charge in [0, 0.05) is 19.2 Å². The van der Waals surface area contributed by atoms with E-state index in [0.717, 1.165) is 36.5 Å². The summed E-state index contributed by atoms with van der Waals surface area (Å²) in [4.78, 5) is 19.5. The molecule has 31 heavy (non-hydrogen) atoms. The van der Waals surface area contributed by atoms with E-state index < -0.39 is 0 Å². The summed E-state index contributed by atoms with van der Waals surface area (Å²) >= 11 is 0. The molecule has 2 aromatic heterocycles. The monoisotopic (exact) mass is 426 g/mol. The number of likely N-dealkylation sites (tertiary alicyclic amines) is 1. The van der Waals surface area contributed by atoms with E-state index in [0.29, 0.717) is 23.8 Å². The predicted molar refractivity (Wildman–Crippen MR) is 114 cm³/mol. The molecule has 4 rings (SSSR count). The fourth-order valence-electron chi connectivity index (χ4n) is 4.05. The smallest absolute Gasteiger partial charge is 0.241 e. The number of aromatic nitrogens is 4. The van der Waals surface area contributed by atoms with Crippen LogP contribution in [0.15, 0.2) is 28.8 Å². The Morgan fingerprint density at radius 3 is 2.87 bits per heavy atom. The number of hydrogen-bond acceptors (Lipinski definition) is 6. The molecule has 1 aliphatic rings. The van der Waals surface area contributed by atoms with Crippen LogP contribution >= 0.6 is 0 Å². The average molecular weight is 426 g/mol. The van der Waals surface area contributed by atoms with Gasteiger partial charge in [-0.2, -0.15) is 10.1 Å². The van der Waals surface area contributed by atoms with E-state index in [-0.39, 0.29) is 23.7 Å². The standard InChI is InChI=1S/C22H27FN6O2/c1-13-19(14(2)28(4)26-13)24-21(30)15(3)29-10-6-8-17(12-29)22-25-20(27-31-22)16-7-5-9-18(23)11-16/h5,7,9,11,15,17H,6,8,10,12H2,1-4H3,(H,24,30). The van der Waals surface area contributed by atoms with Gasteiger partial charge in [0.15, 0.2) is 0 Å². The van der Waals surface area contributed by atoms with Crippen molar-refractivity contribution < 1.29 is 13.7 Å². The number of nitrogens with zero attached hydrogens (tertiary/aromatic N) is 5. The zero-order chi connectivity index (χ0) is 22.1. The van der Waals surface area contributed by atoms with Gasteiger partial charge in [0.1, 0.15) is 5.82 Å². The fraction of sp³-hybridized carbons (Fsp3) is 0.455. The van der Waals surface area contributed by atoms with Crippen molar-refractivity contribution in [3.05, 3.63) is 47.4 Å². The number of halogens is 1. The normalized spacial score (nSPS) is 18.2. The third kappa shape index (κ3) is 4.36. The van der Waals surface area contributed by atoms with Gasteiger partial charge < -0.3 is 9.84 Å². The predicted octanol–water partition coefficient (Wildman–Crippen LogP) is 3.43. The molecule has 9 heteroatoms. The van der Waals surface area contributed by atoms with Crippen molar-refractivity contribution in [1.29, 1.82) is 0 Å². The minimum absolute atomic E-state index is 0.0284. The molecule has 0 saturated carbocycles. The lowest BCUT2D eigenvalue weighted by Crippen LogP contribution is -2.46. The average Bonchev–Trinajstić information content (AvgIpc) is 3.34. The number of anilines is 1. The van der Waals surface area contributed by atoms with Gasteiger partial charge in [0.05, 0.1) is 29.0 Å². The first kappa shape index (κ1) is 21.2. The molecule has 0 radical (unpaired) electrons. The van der Waals surface area contributed by atoms with Crippen LogP contribution in [-0.4, -0.2) is 49.9 Å². The highest BCUT2D eigenvalue weighted by Gasteiger charge is 2.31. The molecule has 0 aliphatic carbocycles. The lowest BCUT2D eigenvalue weighted by Gasteiger charge is -2.34. The van der Waals surface area contributed by atoms with E-state index in [1.807, 2.05) is 27.8 Å². The molecule has 1 aromatic carbocycles. The van der Waals surface area contributed by atoms with Gasteiger partial charge in [-0.25, -0.2) is 4.39 Å². The summed E-state index contributed by atoms with van der Waals surface area (Å²) in [5.74, 6) is 0.522. The minimum atomic E-state index is -0.341. The van der Waals surface area contributed by atoms with Crippen LogP contribution in [0.2, 0.25) is 0 Å². The molecule has 1 aliphatic heterocycles. The summed E-state index contributed by atoms with van der Waals surface area (Å²) in [6, 6.07) is 5.82. The van der Waals surface area contributed by atoms with Crippen molar-refractivity contribution in [2.75, 3.05) is 18.4 Å². The first-order chi connectivity index (χ1) is 14.8. The SMILES string of the molecule is Cc1nn(C)c(C)c1NC(=O)C(C)N1CCCC(c2nc(-c3cccc(F)c3)no2)C1. The molecule has 2 unspecified atom stereocenters. The van der Waals surface area contributed by atoms with Crippen molar-refractivity contribution in [1.82, 2.24) is 24.8 Å². The van der Waals surface area contributed by atoms with Crippen molar-refractivity contribution >= 4 is 11.6 Å². The van der Waals surface area contributed by atoms with Crippen LogP contribution < -0.4 is 5.32 Å². The molecule has 2 atom stereocenters. The quantitative estimate of drug-likeness (QED) is 0.672. The maximum Gasteiger partial charge on any atom is 0.241 e. The van der Waals surface area contributed by atoms with Gasteiger partial charge in [0.25, 0.3) is 0 Å². The Morgan fingerprint density at radius 2 is 2.16 bits per heavy atom. The zero-order valence-electron chi connectivity index (χ0n) is 18.2. The second-order valence-electron chi connectivity index (χ2n) is 8.14. The van der Waals surface area contributed by atoms with Gasteiger partial charge in [-0.05, 0) is 52.3 Å². The molecular weight excluding hydrogens is 399 g/mol. The Morgan fingerprint density at radius 1 is 1.35 bits per heavy atom. The van der Waals surface area contributed by atoms with E-state index in [4.69, 9.17) is 4.52 Å². The summed E-state index contributed by atoms with van der Waals surface area (Å²) in [5, 5.41) is 11.4. The molecule has 1 fully saturated rings. The molecule has 0 bridgehead atoms. The molecule has 1 amide bonds. The van der Waals surface area contributed by atoms with Gasteiger partial charge in [-0.3, -0.25) is 14.4 Å². The molecule has 0 spiro atoms. The number of aryl methyl sites for hydroxylation is 2. The number of carbonyl (C=O) groups is 1. The number of rotatable bonds is 5. The Hall–Kier alpha value is -3.07. The maximum atomic E-state index is 13.5. The van der Waals surface area contributed by atoms with E-state index >= 15 is 0 Å². The molecular formula is C22H27FN6O2. The summed E-state index contributed by atoms with van der Waals surface area (Å²) in [5.41, 5.74) is 3.07. The van der Waals surface area contributed by atoms with Crippen molar-refractivity contribution in [3.63, 3.8) is 0 Å². The Labute approximate surface area is 180 Å². The second kappa shape index (κ2) is 8.58. The lowest BCUT2D eigenvalue weighted by molar-refractivity contribution is -0.121. The van der Waals surface area contributed by atoms with Crippen LogP contribution in [0, 0.1) is 19.7 Å². The first-order valence-corrected chi connectivity index (χ1v) is 10.5. The van der Waals surface area contributed by atoms with Crippen LogP contribution in [-0.2, 0) is 11.8 Å². The van der Waals surface area contributed by atoms with E-state index in [1.165, 1.54) is 12.1 Å². The number of amides is 1. The largest absolute Gasteiger partial charge is 0.339 e. The lowest BCUT2D eigenvalue weighted by atomic mass is 9.96. The number of benzene rings is 1. The molecule has 164 valence electrons. The molecule has 3 heterocycles. The second-order valence-corrected chi connectivity index (χ2v) is 8.14. The number of piperidine rings is 1. The van der Waals surface area contributed by atoms with Crippen molar-refractivity contribution in [2.24, 2.45) is 7.05 Å². The van der Waals surface area contributed by atoms with Gasteiger partial charge in [-0.1, -0.05) is 17.3 Å². The Bertz CT molecular complexity index is 1090. The highest BCUT2D eigenvalue weighted by atomic mass is 19.1. The number of hydrogen-bond donors (Lipinski definition) is 1. The van der Waals surface area contributed by atoms with E-state index in [2.05, 4.69) is 25.5 Å². The Kier molecular flexibility index (Phi) is 5.86. The highest BCUT2D eigenvalue weighted by Crippen LogP contribution is 2.29. The zero-order valence-corrected chi connectivity index (χ0v) is 18.2. The minimum Gasteiger partial charge on any atom is -0.339 e. The fourth-order valence-corrected chi connectivity index (χ4v) is 4.05. The van der Waals surface area contributed by atoms with Crippen LogP contribution in [0.25, 0.3) is 11.4 Å². The summed E-state index contributed by atoms with van der Waals surface area (Å²) in [6.45, 7) is 7.19. The van der Waals surface area contributed by atoms with Crippen molar-refractivity contribution in [3.8, 4) is 11.4 Å². The molecule has 1 saturated heterocycles. The third-order valence-electron chi connectivity index (χ3n) is 6.01. The van der Waals surface area contributed by atoms with Crippen molar-refractivity contribution in [2.45, 2.75) is 45.6 Å². The first-order valence-electron chi connectivity index (χ1n) is 10.5. The molecule has 8 nitrogen and oxygen atoms in total. The van der Waals surface area contributed by atoms with Gasteiger partial charge >= 0.3 is 0 Å². The van der Waals surface area contributed by atoms with Gasteiger partial charge in [0.2, 0.25) is 17.6 Å². The summed E-state index contributed by atoms with van der Waals surface area (Å²) < 4.78 is 20.8. The van der Waals surface area contributed by atoms with Gasteiger partial charge in [-0.15, -0.1) is 0 Å². The summed E-state index contributed by atoms with van der Waals surface area (Å²) in [7, 11) is 1.86. The van der Waals surface area contributed by atoms with Crippen LogP contribution in [0.3, 0.4) is 0 Å². The Balaban J connectivity index is 1.44.